The van der Waals surface area contributed by atoms with E-state index < -0.39 is 5.60 Å². The first-order valence-corrected chi connectivity index (χ1v) is 9.51. The van der Waals surface area contributed by atoms with Crippen LogP contribution in [0.3, 0.4) is 0 Å². The van der Waals surface area contributed by atoms with Gasteiger partial charge in [-0.15, -0.1) is 0 Å². The molecule has 25 heavy (non-hydrogen) atoms. The van der Waals surface area contributed by atoms with Gasteiger partial charge in [0.25, 0.3) is 5.91 Å². The normalized spacial score (nSPS) is 24.3. The van der Waals surface area contributed by atoms with Gasteiger partial charge in [0.05, 0.1) is 0 Å². The van der Waals surface area contributed by atoms with Gasteiger partial charge in [0.1, 0.15) is 5.60 Å². The first-order chi connectivity index (χ1) is 12.0. The van der Waals surface area contributed by atoms with Crippen LogP contribution in [-0.4, -0.2) is 66.2 Å². The third kappa shape index (κ3) is 5.03. The van der Waals surface area contributed by atoms with Crippen molar-refractivity contribution in [2.24, 2.45) is 5.92 Å². The van der Waals surface area contributed by atoms with Crippen molar-refractivity contribution in [2.45, 2.75) is 37.8 Å². The molecule has 2 N–H and O–H groups in total. The minimum Gasteiger partial charge on any atom is -0.380 e. The Bertz CT molecular complexity index is 555. The molecule has 3 rings (SSSR count). The van der Waals surface area contributed by atoms with E-state index in [9.17, 15) is 9.90 Å². The maximum Gasteiger partial charge on any atom is 0.252 e. The zero-order valence-electron chi connectivity index (χ0n) is 15.3. The Balaban J connectivity index is 1.36. The first-order valence-electron chi connectivity index (χ1n) is 9.51. The zero-order chi connectivity index (χ0) is 17.7. The summed E-state index contributed by atoms with van der Waals surface area (Å²) in [6.07, 6.45) is 3.25. The van der Waals surface area contributed by atoms with E-state index in [2.05, 4.69) is 45.4 Å². The van der Waals surface area contributed by atoms with Crippen LogP contribution in [0.4, 0.5) is 0 Å². The summed E-state index contributed by atoms with van der Waals surface area (Å²) in [6, 6.07) is 10.6. The Kier molecular flexibility index (Phi) is 6.10. The molecule has 1 unspecified atom stereocenters. The number of nitrogens with zero attached hydrogens (tertiary/aromatic N) is 2. The standard InChI is InChI=1S/C20H31N3O2/c1-22-13-9-20(25,10-14-22)19(24)21-11-7-18-8-12-23(16-18)15-17-5-3-2-4-6-17/h2-6,18,25H,7-16H2,1H3,(H,21,24). The average Bonchev–Trinajstić information content (AvgIpc) is 3.06. The van der Waals surface area contributed by atoms with Crippen molar-refractivity contribution in [3.05, 3.63) is 35.9 Å². The molecule has 5 nitrogen and oxygen atoms in total. The molecule has 0 bridgehead atoms. The lowest BCUT2D eigenvalue weighted by Gasteiger charge is -2.35. The SMILES string of the molecule is CN1CCC(O)(C(=O)NCCC2CCN(Cc3ccccc3)C2)CC1. The van der Waals surface area contributed by atoms with Crippen LogP contribution in [-0.2, 0) is 11.3 Å². The van der Waals surface area contributed by atoms with Gasteiger partial charge in [-0.25, -0.2) is 0 Å². The van der Waals surface area contributed by atoms with E-state index in [-0.39, 0.29) is 5.91 Å². The van der Waals surface area contributed by atoms with Crippen LogP contribution in [0.1, 0.15) is 31.2 Å². The number of rotatable bonds is 6. The molecule has 5 heteroatoms. The van der Waals surface area contributed by atoms with Crippen molar-refractivity contribution in [3.63, 3.8) is 0 Å². The quantitative estimate of drug-likeness (QED) is 0.820. The van der Waals surface area contributed by atoms with Crippen LogP contribution >= 0.6 is 0 Å². The Morgan fingerprint density at radius 3 is 2.68 bits per heavy atom. The maximum absolute atomic E-state index is 12.3. The van der Waals surface area contributed by atoms with Crippen molar-refractivity contribution < 1.29 is 9.90 Å². The molecule has 138 valence electrons. The molecule has 1 aromatic rings. The highest BCUT2D eigenvalue weighted by atomic mass is 16.3. The topological polar surface area (TPSA) is 55.8 Å². The summed E-state index contributed by atoms with van der Waals surface area (Å²) in [5.41, 5.74) is 0.197. The Hall–Kier alpha value is -1.43. The van der Waals surface area contributed by atoms with E-state index in [1.165, 1.54) is 12.0 Å². The zero-order valence-corrected chi connectivity index (χ0v) is 15.3. The molecule has 2 aliphatic rings. The van der Waals surface area contributed by atoms with Gasteiger partial charge < -0.3 is 15.3 Å². The Morgan fingerprint density at radius 2 is 1.96 bits per heavy atom. The van der Waals surface area contributed by atoms with Crippen molar-refractivity contribution in [1.29, 1.82) is 0 Å². The van der Waals surface area contributed by atoms with E-state index in [0.29, 0.717) is 25.3 Å². The van der Waals surface area contributed by atoms with Gasteiger partial charge in [0.2, 0.25) is 0 Å². The van der Waals surface area contributed by atoms with Crippen molar-refractivity contribution >= 4 is 5.91 Å². The molecule has 2 saturated heterocycles. The highest BCUT2D eigenvalue weighted by Crippen LogP contribution is 2.23. The number of benzene rings is 1. The molecule has 2 heterocycles. The van der Waals surface area contributed by atoms with Crippen molar-refractivity contribution in [1.82, 2.24) is 15.1 Å². The van der Waals surface area contributed by atoms with Gasteiger partial charge in [-0.2, -0.15) is 0 Å². The summed E-state index contributed by atoms with van der Waals surface area (Å²) >= 11 is 0. The number of amides is 1. The van der Waals surface area contributed by atoms with Crippen LogP contribution < -0.4 is 5.32 Å². The lowest BCUT2D eigenvalue weighted by molar-refractivity contribution is -0.144. The molecule has 2 aliphatic heterocycles. The number of hydrogen-bond donors (Lipinski definition) is 2. The molecule has 0 aromatic heterocycles. The summed E-state index contributed by atoms with van der Waals surface area (Å²) in [4.78, 5) is 17.0. The van der Waals surface area contributed by atoms with Gasteiger partial charge >= 0.3 is 0 Å². The van der Waals surface area contributed by atoms with Gasteiger partial charge in [-0.05, 0) is 50.8 Å². The number of piperidine rings is 1. The summed E-state index contributed by atoms with van der Waals surface area (Å²) in [5, 5.41) is 13.5. The number of aliphatic hydroxyl groups is 1. The van der Waals surface area contributed by atoms with Crippen molar-refractivity contribution in [2.75, 3.05) is 39.8 Å². The fourth-order valence-electron chi connectivity index (χ4n) is 3.90. The smallest absolute Gasteiger partial charge is 0.252 e. The third-order valence-electron chi connectivity index (χ3n) is 5.69. The number of nitrogens with one attached hydrogen (secondary N) is 1. The number of carbonyl (C=O) groups excluding carboxylic acids is 1. The molecular weight excluding hydrogens is 314 g/mol. The molecule has 0 radical (unpaired) electrons. The Morgan fingerprint density at radius 1 is 1.24 bits per heavy atom. The monoisotopic (exact) mass is 345 g/mol. The highest BCUT2D eigenvalue weighted by Gasteiger charge is 2.38. The molecule has 1 amide bonds. The van der Waals surface area contributed by atoms with Crippen LogP contribution in [0.5, 0.6) is 0 Å². The van der Waals surface area contributed by atoms with Gasteiger partial charge in [-0.3, -0.25) is 9.69 Å². The van der Waals surface area contributed by atoms with E-state index in [1.54, 1.807) is 0 Å². The van der Waals surface area contributed by atoms with E-state index in [4.69, 9.17) is 0 Å². The van der Waals surface area contributed by atoms with Gasteiger partial charge in [0.15, 0.2) is 0 Å². The first kappa shape index (κ1) is 18.4. The largest absolute Gasteiger partial charge is 0.380 e. The molecule has 1 aromatic carbocycles. The minimum atomic E-state index is -1.17. The van der Waals surface area contributed by atoms with Crippen LogP contribution in [0, 0.1) is 5.92 Å². The number of likely N-dealkylation sites (tertiary alicyclic amines) is 2. The Labute approximate surface area is 151 Å². The molecular formula is C20H31N3O2. The second-order valence-corrected chi connectivity index (χ2v) is 7.75. The molecule has 0 aliphatic carbocycles. The minimum absolute atomic E-state index is 0.181. The van der Waals surface area contributed by atoms with E-state index >= 15 is 0 Å². The fraction of sp³-hybridized carbons (Fsp3) is 0.650. The summed E-state index contributed by atoms with van der Waals surface area (Å²) in [5.74, 6) is 0.455. The number of carbonyl (C=O) groups is 1. The molecule has 0 spiro atoms. The maximum atomic E-state index is 12.3. The second kappa shape index (κ2) is 8.30. The molecule has 2 fully saturated rings. The summed E-state index contributed by atoms with van der Waals surface area (Å²) in [7, 11) is 2.03. The van der Waals surface area contributed by atoms with E-state index in [0.717, 1.165) is 39.1 Å². The summed E-state index contributed by atoms with van der Waals surface area (Å²) in [6.45, 7) is 5.46. The summed E-state index contributed by atoms with van der Waals surface area (Å²) < 4.78 is 0. The molecule has 1 atom stereocenters. The number of hydrogen-bond acceptors (Lipinski definition) is 4. The van der Waals surface area contributed by atoms with E-state index in [1.807, 2.05) is 7.05 Å². The average molecular weight is 345 g/mol. The molecule has 0 saturated carbocycles. The van der Waals surface area contributed by atoms with Crippen LogP contribution in [0.15, 0.2) is 30.3 Å². The van der Waals surface area contributed by atoms with Crippen molar-refractivity contribution in [3.8, 4) is 0 Å². The van der Waals surface area contributed by atoms with Crippen LogP contribution in [0.2, 0.25) is 0 Å². The predicted molar refractivity (Wildman–Crippen MR) is 99.1 cm³/mol. The lowest BCUT2D eigenvalue weighted by atomic mass is 9.90. The third-order valence-corrected chi connectivity index (χ3v) is 5.69. The van der Waals surface area contributed by atoms with Gasteiger partial charge in [0, 0.05) is 32.7 Å². The highest BCUT2D eigenvalue weighted by molar-refractivity contribution is 5.85. The predicted octanol–water partition coefficient (Wildman–Crippen LogP) is 1.47. The van der Waals surface area contributed by atoms with Crippen LogP contribution in [0.25, 0.3) is 0 Å². The van der Waals surface area contributed by atoms with Gasteiger partial charge in [-0.1, -0.05) is 30.3 Å². The fourth-order valence-corrected chi connectivity index (χ4v) is 3.90. The second-order valence-electron chi connectivity index (χ2n) is 7.75. The lowest BCUT2D eigenvalue weighted by Crippen LogP contribution is -2.53.